The number of carbonyl (C=O) groups is 1. The maximum Gasteiger partial charge on any atom is 0.410 e. The average molecular weight is 1180 g/mol. The second kappa shape index (κ2) is 23.3. The molecular weight excluding hydrogens is 1110 g/mol. The topological polar surface area (TPSA) is 163 Å². The van der Waals surface area contributed by atoms with Gasteiger partial charge in [0.2, 0.25) is 11.5 Å². The summed E-state index contributed by atoms with van der Waals surface area (Å²) in [4.78, 5) is 57.0. The van der Waals surface area contributed by atoms with Gasteiger partial charge in [0.25, 0.3) is 0 Å². The van der Waals surface area contributed by atoms with Crippen molar-refractivity contribution in [1.29, 1.82) is 0 Å². The molecule has 4 aliphatic rings. The number of anilines is 2. The Morgan fingerprint density at radius 1 is 0.663 bits per heavy atom. The van der Waals surface area contributed by atoms with E-state index in [1.807, 2.05) is 103 Å². The number of phenolic OH excluding ortho intramolecular Hbond substituents is 1. The molecule has 8 aromatic rings. The van der Waals surface area contributed by atoms with Gasteiger partial charge in [-0.3, -0.25) is 18.7 Å². The molecule has 0 aliphatic carbocycles. The number of hydrogen-bond donors (Lipinski definition) is 1. The first kappa shape index (κ1) is 59.1. The number of nitrogens with zero attached hydrogens (tertiary/aromatic N) is 7. The second-order valence-corrected chi connectivity index (χ2v) is 24.1. The number of fused-ring (bicyclic) bond motifs is 10. The van der Waals surface area contributed by atoms with Crippen LogP contribution < -0.4 is 35.1 Å². The Kier molecular flexibility index (Phi) is 16.0. The largest absolute Gasteiger partial charge is 0.507 e. The molecule has 4 atom stereocenters. The van der Waals surface area contributed by atoms with Crippen molar-refractivity contribution >= 4 is 39.5 Å². The van der Waals surface area contributed by atoms with Gasteiger partial charge in [-0.05, 0) is 118 Å². The number of ether oxygens (including phenoxy) is 5. The quantitative estimate of drug-likeness (QED) is 0.107. The normalized spacial score (nSPS) is 18.2. The number of aromatic hydroxyl groups is 1. The van der Waals surface area contributed by atoms with Crippen LogP contribution in [-0.2, 0) is 9.47 Å². The third kappa shape index (κ3) is 10.7. The van der Waals surface area contributed by atoms with Gasteiger partial charge in [0, 0.05) is 43.6 Å². The van der Waals surface area contributed by atoms with Crippen LogP contribution in [0.2, 0.25) is 0 Å². The molecule has 8 heterocycles. The van der Waals surface area contributed by atoms with Gasteiger partial charge >= 0.3 is 17.2 Å². The molecule has 4 aromatic carbocycles. The van der Waals surface area contributed by atoms with Crippen molar-refractivity contribution in [3.63, 3.8) is 0 Å². The highest BCUT2D eigenvalue weighted by molar-refractivity contribution is 5.98. The van der Waals surface area contributed by atoms with Crippen molar-refractivity contribution in [2.24, 2.45) is 5.92 Å². The third-order valence-electron chi connectivity index (χ3n) is 16.3. The van der Waals surface area contributed by atoms with Crippen molar-refractivity contribution in [2.45, 2.75) is 111 Å². The molecule has 12 rings (SSSR count). The summed E-state index contributed by atoms with van der Waals surface area (Å²) < 4.78 is 94.0. The zero-order valence-electron chi connectivity index (χ0n) is 49.7. The molecule has 0 unspecified atom stereocenters. The van der Waals surface area contributed by atoms with Gasteiger partial charge in [-0.15, -0.1) is 0 Å². The number of halogens is 4. The third-order valence-corrected chi connectivity index (χ3v) is 16.3. The number of piperazine rings is 1. The van der Waals surface area contributed by atoms with Crippen molar-refractivity contribution in [1.82, 2.24) is 24.0 Å². The number of benzene rings is 4. The summed E-state index contributed by atoms with van der Waals surface area (Å²) in [5, 5.41) is 11.2. The summed E-state index contributed by atoms with van der Waals surface area (Å²) in [6.45, 7) is 19.1. The second-order valence-electron chi connectivity index (χ2n) is 24.1. The van der Waals surface area contributed by atoms with Crippen LogP contribution in [0.15, 0.2) is 107 Å². The van der Waals surface area contributed by atoms with Gasteiger partial charge in [-0.2, -0.15) is 0 Å². The SMILES string of the molecule is CC(C)c1ccccc1-n1c(=O)c2c(c3cc(F)c(-c4c(O)cccc4F)nc31)N1C[C@@H](C)CC[C@@H]1CO2.COCOc1cccc(F)c1-c1nc2c(cc1F)c1c(c(=O)n2-c2ccccc2C(C)C)OC[C@H]2CN(C(=O)OC(C)(C)C)[C@H](C)CN12. The van der Waals surface area contributed by atoms with E-state index in [9.17, 15) is 23.9 Å². The van der Waals surface area contributed by atoms with E-state index in [-0.39, 0.29) is 101 Å². The number of phenols is 1. The van der Waals surface area contributed by atoms with Gasteiger partial charge in [0.05, 0.1) is 46.0 Å². The molecule has 0 bridgehead atoms. The van der Waals surface area contributed by atoms with E-state index in [0.29, 0.717) is 59.1 Å². The number of rotatable bonds is 9. The summed E-state index contributed by atoms with van der Waals surface area (Å²) in [7, 11) is 1.42. The summed E-state index contributed by atoms with van der Waals surface area (Å²) in [6.07, 6.45) is 1.50. The summed E-state index contributed by atoms with van der Waals surface area (Å²) in [6, 6.07) is 24.8. The lowest BCUT2D eigenvalue weighted by Crippen LogP contribution is -2.62. The van der Waals surface area contributed by atoms with E-state index in [1.165, 1.54) is 58.7 Å². The van der Waals surface area contributed by atoms with E-state index in [1.54, 1.807) is 11.0 Å². The van der Waals surface area contributed by atoms with Crippen LogP contribution in [0.5, 0.6) is 23.0 Å². The highest BCUT2D eigenvalue weighted by Gasteiger charge is 2.43. The smallest absolute Gasteiger partial charge is 0.410 e. The molecule has 0 spiro atoms. The lowest BCUT2D eigenvalue weighted by atomic mass is 9.92. The standard InChI is InChI=1S/C36H40F2N4O6.C30H29F2N3O3/c1-20(2)23-11-8-9-13-27(23)42-33-24(15-26(38)30(39-33)29-25(37)12-10-14-28(29)47-19-45-7)31-32(34(42)43)46-18-22-17-40(21(3)16-41(22)31)35(44)48-36(4,5)6;1-16(2)19-7-4-5-9-23(19)35-29-20(13-22(32)26(33-29)25-21(31)8-6-10-24(25)36)27-28(30(35)37)38-15-18-12-11-17(3)14-34(18)27/h8-15,20-22H,16-19H2,1-7H3;4-10,13,16-18,36H,11-12,14-15H2,1-3H3/t21-,22-;17-,18+/m10/s1. The molecule has 16 nitrogen and oxygen atoms in total. The summed E-state index contributed by atoms with van der Waals surface area (Å²) in [5.41, 5.74) is 1.33. The highest BCUT2D eigenvalue weighted by atomic mass is 19.1. The van der Waals surface area contributed by atoms with E-state index in [4.69, 9.17) is 28.7 Å². The fraction of sp³-hybridized carbons (Fsp3) is 0.379. The Morgan fingerprint density at radius 3 is 1.71 bits per heavy atom. The fourth-order valence-corrected chi connectivity index (χ4v) is 12.2. The van der Waals surface area contributed by atoms with Crippen molar-refractivity contribution in [3.8, 4) is 56.9 Å². The Balaban J connectivity index is 0.000000183. The number of aromatic nitrogens is 4. The molecule has 450 valence electrons. The zero-order chi connectivity index (χ0) is 61.2. The van der Waals surface area contributed by atoms with Gasteiger partial charge in [-0.1, -0.05) is 83.1 Å². The first-order valence-corrected chi connectivity index (χ1v) is 29.0. The molecule has 86 heavy (non-hydrogen) atoms. The fourth-order valence-electron chi connectivity index (χ4n) is 12.2. The van der Waals surface area contributed by atoms with Gasteiger partial charge in [0.15, 0.2) is 29.7 Å². The van der Waals surface area contributed by atoms with Gasteiger partial charge in [-0.25, -0.2) is 32.3 Å². The van der Waals surface area contributed by atoms with Crippen LogP contribution in [0.4, 0.5) is 33.7 Å². The highest BCUT2D eigenvalue weighted by Crippen LogP contribution is 2.46. The lowest BCUT2D eigenvalue weighted by molar-refractivity contribution is 0.00990. The van der Waals surface area contributed by atoms with Crippen LogP contribution in [0, 0.1) is 29.2 Å². The van der Waals surface area contributed by atoms with Crippen molar-refractivity contribution in [2.75, 3.05) is 56.6 Å². The molecule has 1 amide bonds. The molecule has 4 aromatic heterocycles. The molecule has 4 aliphatic heterocycles. The number of methoxy groups -OCH3 is 1. The minimum Gasteiger partial charge on any atom is -0.507 e. The maximum absolute atomic E-state index is 16.4. The molecular formula is C66H69F4N7O9. The molecule has 20 heteroatoms. The number of amides is 1. The predicted octanol–water partition coefficient (Wildman–Crippen LogP) is 12.8. The van der Waals surface area contributed by atoms with E-state index in [2.05, 4.69) is 16.8 Å². The Morgan fingerprint density at radius 2 is 1.17 bits per heavy atom. The van der Waals surface area contributed by atoms with Crippen LogP contribution >= 0.6 is 0 Å². The first-order chi connectivity index (χ1) is 41.1. The number of para-hydroxylation sites is 2. The van der Waals surface area contributed by atoms with E-state index in [0.717, 1.165) is 30.0 Å². The molecule has 0 radical (unpaired) electrons. The number of piperidine rings is 1. The number of hydrogen-bond acceptors (Lipinski definition) is 13. The minimum absolute atomic E-state index is 0.0202. The first-order valence-electron chi connectivity index (χ1n) is 29.0. The minimum atomic E-state index is -0.818. The summed E-state index contributed by atoms with van der Waals surface area (Å²) in [5.74, 6) is -2.85. The molecule has 1 N–H and O–H groups in total. The zero-order valence-corrected chi connectivity index (χ0v) is 49.7. The molecule has 2 fully saturated rings. The Labute approximate surface area is 495 Å². The van der Waals surface area contributed by atoms with Crippen LogP contribution in [-0.4, -0.2) is 106 Å². The maximum atomic E-state index is 16.4. The monoisotopic (exact) mass is 1180 g/mol. The molecule has 0 saturated carbocycles. The van der Waals surface area contributed by atoms with Crippen LogP contribution in [0.25, 0.3) is 56.0 Å². The van der Waals surface area contributed by atoms with Crippen LogP contribution in [0.3, 0.4) is 0 Å². The van der Waals surface area contributed by atoms with E-state index < -0.39 is 51.8 Å². The number of pyridine rings is 4. The van der Waals surface area contributed by atoms with Gasteiger partial charge in [0.1, 0.15) is 53.3 Å². The Hall–Kier alpha value is -8.65. The lowest BCUT2D eigenvalue weighted by Gasteiger charge is -2.48. The molecule has 2 saturated heterocycles. The van der Waals surface area contributed by atoms with Crippen molar-refractivity contribution < 1.29 is 51.1 Å². The summed E-state index contributed by atoms with van der Waals surface area (Å²) >= 11 is 0. The number of carbonyl (C=O) groups excluding carboxylic acids is 1. The average Bonchev–Trinajstić information content (AvgIpc) is 0.752. The van der Waals surface area contributed by atoms with Gasteiger partial charge < -0.3 is 43.5 Å². The van der Waals surface area contributed by atoms with Crippen LogP contribution in [0.1, 0.15) is 98.1 Å². The van der Waals surface area contributed by atoms with Crippen molar-refractivity contribution in [3.05, 3.63) is 152 Å². The Bertz CT molecular complexity index is 4070. The predicted molar refractivity (Wildman–Crippen MR) is 322 cm³/mol. The van der Waals surface area contributed by atoms with E-state index >= 15 is 13.2 Å².